The number of nitriles is 1. The smallest absolute Gasteiger partial charge is 0.311 e. The number of fused-ring (bicyclic) bond motifs is 1. The number of pyridine rings is 1. The summed E-state index contributed by atoms with van der Waals surface area (Å²) < 4.78 is 6.78. The Hall–Kier alpha value is -2.35. The van der Waals surface area contributed by atoms with E-state index < -0.39 is 0 Å². The maximum atomic E-state index is 11.6. The summed E-state index contributed by atoms with van der Waals surface area (Å²) >= 11 is 0. The Morgan fingerprint density at radius 3 is 3.05 bits per heavy atom. The third-order valence-corrected chi connectivity index (χ3v) is 2.83. The lowest BCUT2D eigenvalue weighted by atomic mass is 10.2. The van der Waals surface area contributed by atoms with Gasteiger partial charge < -0.3 is 9.14 Å². The average molecular weight is 257 g/mol. The number of carbonyl (C=O) groups is 1. The van der Waals surface area contributed by atoms with Crippen LogP contribution in [0.25, 0.3) is 5.65 Å². The highest BCUT2D eigenvalue weighted by atomic mass is 16.5. The number of nitrogens with zero attached hydrogens (tertiary/aromatic N) is 3. The number of rotatable bonds is 4. The maximum absolute atomic E-state index is 11.6. The summed E-state index contributed by atoms with van der Waals surface area (Å²) in [6.07, 6.45) is 2.20. The highest BCUT2D eigenvalue weighted by Crippen LogP contribution is 2.15. The Morgan fingerprint density at radius 1 is 1.58 bits per heavy atom. The monoisotopic (exact) mass is 257 g/mol. The molecule has 98 valence electrons. The molecule has 0 amide bonds. The Balaban J connectivity index is 2.44. The fourth-order valence-electron chi connectivity index (χ4n) is 2.00. The molecule has 0 aromatic carbocycles. The first-order valence-electron chi connectivity index (χ1n) is 6.14. The van der Waals surface area contributed by atoms with Gasteiger partial charge in [0.25, 0.3) is 0 Å². The summed E-state index contributed by atoms with van der Waals surface area (Å²) in [6.45, 7) is 4.09. The molecule has 0 saturated carbocycles. The van der Waals surface area contributed by atoms with Crippen molar-refractivity contribution in [2.24, 2.45) is 0 Å². The van der Waals surface area contributed by atoms with Gasteiger partial charge in [0.15, 0.2) is 0 Å². The normalized spacial score (nSPS) is 10.4. The highest BCUT2D eigenvalue weighted by Gasteiger charge is 2.15. The molecule has 2 heterocycles. The zero-order valence-corrected chi connectivity index (χ0v) is 11.0. The molecule has 2 rings (SSSR count). The van der Waals surface area contributed by atoms with Gasteiger partial charge in [-0.2, -0.15) is 5.26 Å². The lowest BCUT2D eigenvalue weighted by molar-refractivity contribution is -0.142. The zero-order valence-electron chi connectivity index (χ0n) is 11.0. The van der Waals surface area contributed by atoms with Crippen molar-refractivity contribution < 1.29 is 9.53 Å². The first-order valence-corrected chi connectivity index (χ1v) is 6.14. The fourth-order valence-corrected chi connectivity index (χ4v) is 2.00. The number of hydrogen-bond acceptors (Lipinski definition) is 4. The molecule has 2 aromatic rings. The number of aromatic nitrogens is 2. The van der Waals surface area contributed by atoms with Gasteiger partial charge in [0, 0.05) is 6.20 Å². The molecule has 0 bridgehead atoms. The van der Waals surface area contributed by atoms with Crippen molar-refractivity contribution >= 4 is 11.6 Å². The quantitative estimate of drug-likeness (QED) is 0.783. The van der Waals surface area contributed by atoms with Crippen LogP contribution in [0.2, 0.25) is 0 Å². The Morgan fingerprint density at radius 2 is 2.37 bits per heavy atom. The largest absolute Gasteiger partial charge is 0.466 e. The molecule has 0 aliphatic rings. The van der Waals surface area contributed by atoms with Gasteiger partial charge in [-0.3, -0.25) is 4.79 Å². The summed E-state index contributed by atoms with van der Waals surface area (Å²) in [6, 6.07) is 5.98. The van der Waals surface area contributed by atoms with Gasteiger partial charge in [-0.25, -0.2) is 4.98 Å². The number of esters is 1. The number of carbonyl (C=O) groups excluding carboxylic acids is 1. The van der Waals surface area contributed by atoms with Crippen LogP contribution in [-0.4, -0.2) is 22.0 Å². The van der Waals surface area contributed by atoms with Gasteiger partial charge in [-0.15, -0.1) is 0 Å². The third-order valence-electron chi connectivity index (χ3n) is 2.83. The van der Waals surface area contributed by atoms with E-state index in [2.05, 4.69) is 11.1 Å². The predicted molar refractivity (Wildman–Crippen MR) is 69.6 cm³/mol. The van der Waals surface area contributed by atoms with Crippen molar-refractivity contribution in [3.05, 3.63) is 35.3 Å². The van der Waals surface area contributed by atoms with E-state index in [0.717, 1.165) is 16.9 Å². The van der Waals surface area contributed by atoms with Crippen LogP contribution < -0.4 is 0 Å². The van der Waals surface area contributed by atoms with E-state index in [4.69, 9.17) is 10.00 Å². The standard InChI is InChI=1S/C14H15N3O2/c1-3-19-14(18)9-11-12(4-6-15)17-7-5-10(2)8-13(17)16-11/h5,7-8H,3-4,9H2,1-2H3. The van der Waals surface area contributed by atoms with Gasteiger partial charge in [0.2, 0.25) is 0 Å². The molecule has 0 spiro atoms. The summed E-state index contributed by atoms with van der Waals surface area (Å²) in [5.41, 5.74) is 3.21. The molecule has 0 N–H and O–H groups in total. The molecule has 0 unspecified atom stereocenters. The van der Waals surface area contributed by atoms with Crippen molar-refractivity contribution in [3.63, 3.8) is 0 Å². The lowest BCUT2D eigenvalue weighted by Crippen LogP contribution is -2.09. The minimum absolute atomic E-state index is 0.103. The van der Waals surface area contributed by atoms with Crippen molar-refractivity contribution in [1.29, 1.82) is 5.26 Å². The van der Waals surface area contributed by atoms with E-state index in [0.29, 0.717) is 12.3 Å². The van der Waals surface area contributed by atoms with E-state index in [-0.39, 0.29) is 18.8 Å². The number of imidazole rings is 1. The molecule has 0 fully saturated rings. The molecule has 19 heavy (non-hydrogen) atoms. The zero-order chi connectivity index (χ0) is 13.8. The molecule has 0 atom stereocenters. The van der Waals surface area contributed by atoms with Crippen LogP contribution in [0.1, 0.15) is 23.9 Å². The van der Waals surface area contributed by atoms with Crippen LogP contribution >= 0.6 is 0 Å². The van der Waals surface area contributed by atoms with Crippen LogP contribution in [0.15, 0.2) is 18.3 Å². The van der Waals surface area contributed by atoms with Gasteiger partial charge in [-0.05, 0) is 31.5 Å². The molecule has 0 radical (unpaired) electrons. The number of hydrogen-bond donors (Lipinski definition) is 0. The maximum Gasteiger partial charge on any atom is 0.311 e. The van der Waals surface area contributed by atoms with Crippen molar-refractivity contribution in [2.45, 2.75) is 26.7 Å². The van der Waals surface area contributed by atoms with Gasteiger partial charge >= 0.3 is 5.97 Å². The molecule has 0 aliphatic heterocycles. The predicted octanol–water partition coefficient (Wildman–Crippen LogP) is 1.81. The summed E-state index contributed by atoms with van der Waals surface area (Å²) in [4.78, 5) is 16.0. The second-order valence-corrected chi connectivity index (χ2v) is 4.25. The fraction of sp³-hybridized carbons (Fsp3) is 0.357. The Labute approximate surface area is 111 Å². The van der Waals surface area contributed by atoms with Crippen LogP contribution in [0, 0.1) is 18.3 Å². The van der Waals surface area contributed by atoms with Crippen LogP contribution in [0.4, 0.5) is 0 Å². The second kappa shape index (κ2) is 5.53. The Kier molecular flexibility index (Phi) is 3.81. The van der Waals surface area contributed by atoms with Crippen molar-refractivity contribution in [2.75, 3.05) is 6.61 Å². The van der Waals surface area contributed by atoms with Crippen LogP contribution in [0.5, 0.6) is 0 Å². The number of aryl methyl sites for hydroxylation is 1. The summed E-state index contributed by atoms with van der Waals surface area (Å²) in [7, 11) is 0. The van der Waals surface area contributed by atoms with Crippen LogP contribution in [-0.2, 0) is 22.4 Å². The minimum atomic E-state index is -0.318. The molecular weight excluding hydrogens is 242 g/mol. The van der Waals surface area contributed by atoms with E-state index >= 15 is 0 Å². The molecule has 2 aromatic heterocycles. The second-order valence-electron chi connectivity index (χ2n) is 4.25. The molecule has 0 aliphatic carbocycles. The molecule has 0 saturated heterocycles. The van der Waals surface area contributed by atoms with E-state index in [1.807, 2.05) is 29.7 Å². The van der Waals surface area contributed by atoms with Crippen molar-refractivity contribution in [3.8, 4) is 6.07 Å². The summed E-state index contributed by atoms with van der Waals surface area (Å²) in [5, 5.41) is 8.91. The molecular formula is C14H15N3O2. The third kappa shape index (κ3) is 2.74. The van der Waals surface area contributed by atoms with E-state index in [1.165, 1.54) is 0 Å². The SMILES string of the molecule is CCOC(=O)Cc1nc2cc(C)ccn2c1CC#N. The lowest BCUT2D eigenvalue weighted by Gasteiger charge is -2.01. The van der Waals surface area contributed by atoms with Gasteiger partial charge in [0.05, 0.1) is 36.9 Å². The van der Waals surface area contributed by atoms with E-state index in [9.17, 15) is 4.79 Å². The van der Waals surface area contributed by atoms with E-state index in [1.54, 1.807) is 6.92 Å². The average Bonchev–Trinajstić information content (AvgIpc) is 2.67. The first-order chi connectivity index (χ1) is 9.15. The van der Waals surface area contributed by atoms with Crippen LogP contribution in [0.3, 0.4) is 0 Å². The topological polar surface area (TPSA) is 67.4 Å². The number of ether oxygens (including phenoxy) is 1. The van der Waals surface area contributed by atoms with Crippen molar-refractivity contribution in [1.82, 2.24) is 9.38 Å². The van der Waals surface area contributed by atoms with Gasteiger partial charge in [-0.1, -0.05) is 0 Å². The first kappa shape index (κ1) is 13.1. The minimum Gasteiger partial charge on any atom is -0.466 e. The van der Waals surface area contributed by atoms with Gasteiger partial charge in [0.1, 0.15) is 5.65 Å². The summed E-state index contributed by atoms with van der Waals surface area (Å²) in [5.74, 6) is -0.318. The molecule has 5 nitrogen and oxygen atoms in total. The highest BCUT2D eigenvalue weighted by molar-refractivity contribution is 5.72. The Bertz CT molecular complexity index is 652. The molecule has 5 heteroatoms.